The van der Waals surface area contributed by atoms with Crippen LogP contribution in [-0.2, 0) is 0 Å². The summed E-state index contributed by atoms with van der Waals surface area (Å²) < 4.78 is 1.59. The molecular formula is C10H11ClN4O. The first kappa shape index (κ1) is 10.9. The van der Waals surface area contributed by atoms with E-state index < -0.39 is 0 Å². The van der Waals surface area contributed by atoms with Crippen LogP contribution in [0.2, 0.25) is 5.02 Å². The SMILES string of the molecule is Cc1nn(-c2nc[nH]c(=O)c2Cl)c(C)c1C. The lowest BCUT2D eigenvalue weighted by Crippen LogP contribution is -2.13. The molecule has 0 saturated heterocycles. The number of hydrogen-bond acceptors (Lipinski definition) is 3. The zero-order chi connectivity index (χ0) is 11.9. The fourth-order valence-electron chi connectivity index (χ4n) is 1.45. The van der Waals surface area contributed by atoms with Crippen molar-refractivity contribution in [2.75, 3.05) is 0 Å². The summed E-state index contributed by atoms with van der Waals surface area (Å²) >= 11 is 5.89. The number of nitrogens with zero attached hydrogens (tertiary/aromatic N) is 3. The maximum absolute atomic E-state index is 11.3. The van der Waals surface area contributed by atoms with Crippen molar-refractivity contribution in [1.82, 2.24) is 19.7 Å². The van der Waals surface area contributed by atoms with E-state index in [9.17, 15) is 4.79 Å². The summed E-state index contributed by atoms with van der Waals surface area (Å²) in [6.45, 7) is 5.78. The fourth-order valence-corrected chi connectivity index (χ4v) is 1.63. The highest BCUT2D eigenvalue weighted by Gasteiger charge is 2.14. The second-order valence-corrected chi connectivity index (χ2v) is 3.95. The molecule has 0 saturated carbocycles. The van der Waals surface area contributed by atoms with E-state index in [1.807, 2.05) is 20.8 Å². The topological polar surface area (TPSA) is 63.6 Å². The number of aromatic nitrogens is 4. The van der Waals surface area contributed by atoms with Gasteiger partial charge < -0.3 is 4.98 Å². The van der Waals surface area contributed by atoms with Crippen molar-refractivity contribution in [3.05, 3.63) is 38.7 Å². The van der Waals surface area contributed by atoms with Gasteiger partial charge in [-0.3, -0.25) is 4.79 Å². The smallest absolute Gasteiger partial charge is 0.271 e. The van der Waals surface area contributed by atoms with E-state index in [-0.39, 0.29) is 10.6 Å². The van der Waals surface area contributed by atoms with Crippen LogP contribution in [0.15, 0.2) is 11.1 Å². The molecule has 0 amide bonds. The Morgan fingerprint density at radius 2 is 2.06 bits per heavy atom. The molecule has 2 aromatic rings. The quantitative estimate of drug-likeness (QED) is 0.820. The minimum atomic E-state index is -0.364. The van der Waals surface area contributed by atoms with Gasteiger partial charge in [0.15, 0.2) is 10.8 Å². The van der Waals surface area contributed by atoms with E-state index in [1.165, 1.54) is 6.33 Å². The van der Waals surface area contributed by atoms with Gasteiger partial charge in [-0.25, -0.2) is 9.67 Å². The lowest BCUT2D eigenvalue weighted by Gasteiger charge is -2.04. The van der Waals surface area contributed by atoms with E-state index in [2.05, 4.69) is 15.1 Å². The molecule has 2 rings (SSSR count). The maximum Gasteiger partial charge on any atom is 0.271 e. The monoisotopic (exact) mass is 238 g/mol. The molecule has 0 unspecified atom stereocenters. The van der Waals surface area contributed by atoms with E-state index in [1.54, 1.807) is 4.68 Å². The van der Waals surface area contributed by atoms with Crippen molar-refractivity contribution in [3.8, 4) is 5.82 Å². The summed E-state index contributed by atoms with van der Waals surface area (Å²) in [5.74, 6) is 0.360. The summed E-state index contributed by atoms with van der Waals surface area (Å²) in [5.41, 5.74) is 2.53. The number of H-pyrrole nitrogens is 1. The van der Waals surface area contributed by atoms with Crippen LogP contribution in [0.25, 0.3) is 5.82 Å². The number of aromatic amines is 1. The van der Waals surface area contributed by atoms with Crippen LogP contribution < -0.4 is 5.56 Å². The highest BCUT2D eigenvalue weighted by Crippen LogP contribution is 2.18. The molecule has 0 aliphatic rings. The number of aryl methyl sites for hydroxylation is 1. The van der Waals surface area contributed by atoms with Crippen LogP contribution >= 0.6 is 11.6 Å². The average Bonchev–Trinajstić information content (AvgIpc) is 2.50. The zero-order valence-corrected chi connectivity index (χ0v) is 9.96. The Morgan fingerprint density at radius 1 is 1.38 bits per heavy atom. The largest absolute Gasteiger partial charge is 0.312 e. The van der Waals surface area contributed by atoms with Crippen molar-refractivity contribution < 1.29 is 0 Å². The predicted octanol–water partition coefficient (Wildman–Crippen LogP) is 1.53. The summed E-state index contributed by atoms with van der Waals surface area (Å²) in [7, 11) is 0. The Morgan fingerprint density at radius 3 is 2.62 bits per heavy atom. The standard InChI is InChI=1S/C10H11ClN4O/c1-5-6(2)14-15(7(5)3)9-8(11)10(16)13-4-12-9/h4H,1-3H3,(H,12,13,16). The third-order valence-electron chi connectivity index (χ3n) is 2.63. The van der Waals surface area contributed by atoms with Crippen LogP contribution in [0.3, 0.4) is 0 Å². The molecule has 2 heterocycles. The summed E-state index contributed by atoms with van der Waals surface area (Å²) in [4.78, 5) is 17.8. The van der Waals surface area contributed by atoms with Crippen LogP contribution in [-0.4, -0.2) is 19.7 Å². The van der Waals surface area contributed by atoms with Gasteiger partial charge in [0.2, 0.25) is 0 Å². The number of hydrogen-bond donors (Lipinski definition) is 1. The van der Waals surface area contributed by atoms with Crippen molar-refractivity contribution in [1.29, 1.82) is 0 Å². The molecular weight excluding hydrogens is 228 g/mol. The first-order valence-corrected chi connectivity index (χ1v) is 5.16. The minimum Gasteiger partial charge on any atom is -0.312 e. The molecule has 0 aliphatic carbocycles. The van der Waals surface area contributed by atoms with Crippen LogP contribution in [0.1, 0.15) is 17.0 Å². The molecule has 2 aromatic heterocycles. The summed E-state index contributed by atoms with van der Waals surface area (Å²) in [6, 6.07) is 0. The van der Waals surface area contributed by atoms with Gasteiger partial charge in [0.05, 0.1) is 12.0 Å². The van der Waals surface area contributed by atoms with Gasteiger partial charge in [0.25, 0.3) is 5.56 Å². The Kier molecular flexibility index (Phi) is 2.55. The van der Waals surface area contributed by atoms with E-state index in [0.717, 1.165) is 17.0 Å². The molecule has 0 bridgehead atoms. The molecule has 0 radical (unpaired) electrons. The molecule has 5 nitrogen and oxygen atoms in total. The van der Waals surface area contributed by atoms with Crippen LogP contribution in [0.4, 0.5) is 0 Å². The summed E-state index contributed by atoms with van der Waals surface area (Å²) in [5, 5.41) is 4.35. The molecule has 16 heavy (non-hydrogen) atoms. The molecule has 84 valence electrons. The Bertz CT molecular complexity index is 599. The van der Waals surface area contributed by atoms with Gasteiger partial charge in [-0.1, -0.05) is 11.6 Å². The normalized spacial score (nSPS) is 10.8. The average molecular weight is 239 g/mol. The zero-order valence-electron chi connectivity index (χ0n) is 9.21. The number of halogens is 1. The van der Waals surface area contributed by atoms with Crippen LogP contribution in [0.5, 0.6) is 0 Å². The van der Waals surface area contributed by atoms with Gasteiger partial charge in [0.1, 0.15) is 0 Å². The maximum atomic E-state index is 11.3. The van der Waals surface area contributed by atoms with E-state index >= 15 is 0 Å². The van der Waals surface area contributed by atoms with Gasteiger partial charge in [0, 0.05) is 5.69 Å². The Labute approximate surface area is 97.1 Å². The first-order valence-electron chi connectivity index (χ1n) is 4.78. The lowest BCUT2D eigenvalue weighted by molar-refractivity contribution is 0.797. The number of nitrogens with one attached hydrogen (secondary N) is 1. The van der Waals surface area contributed by atoms with Gasteiger partial charge >= 0.3 is 0 Å². The molecule has 0 fully saturated rings. The fraction of sp³-hybridized carbons (Fsp3) is 0.300. The number of rotatable bonds is 1. The second kappa shape index (κ2) is 3.75. The third kappa shape index (κ3) is 1.53. The van der Waals surface area contributed by atoms with Gasteiger partial charge in [-0.2, -0.15) is 5.10 Å². The highest BCUT2D eigenvalue weighted by molar-refractivity contribution is 6.31. The Hall–Kier alpha value is -1.62. The second-order valence-electron chi connectivity index (χ2n) is 3.58. The molecule has 0 aromatic carbocycles. The predicted molar refractivity (Wildman–Crippen MR) is 61.2 cm³/mol. The van der Waals surface area contributed by atoms with Crippen LogP contribution in [0, 0.1) is 20.8 Å². The van der Waals surface area contributed by atoms with Gasteiger partial charge in [-0.05, 0) is 26.3 Å². The molecule has 6 heteroatoms. The van der Waals surface area contributed by atoms with Crippen molar-refractivity contribution >= 4 is 11.6 Å². The van der Waals surface area contributed by atoms with E-state index in [0.29, 0.717) is 5.82 Å². The summed E-state index contributed by atoms with van der Waals surface area (Å²) in [6.07, 6.45) is 1.31. The van der Waals surface area contributed by atoms with Gasteiger partial charge in [-0.15, -0.1) is 0 Å². The molecule has 1 N–H and O–H groups in total. The highest BCUT2D eigenvalue weighted by atomic mass is 35.5. The minimum absolute atomic E-state index is 0.0492. The van der Waals surface area contributed by atoms with Crippen molar-refractivity contribution in [3.63, 3.8) is 0 Å². The molecule has 0 spiro atoms. The Balaban J connectivity index is 2.73. The lowest BCUT2D eigenvalue weighted by atomic mass is 10.2. The molecule has 0 atom stereocenters. The third-order valence-corrected chi connectivity index (χ3v) is 2.97. The van der Waals surface area contributed by atoms with Crippen molar-refractivity contribution in [2.45, 2.75) is 20.8 Å². The molecule has 0 aliphatic heterocycles. The van der Waals surface area contributed by atoms with E-state index in [4.69, 9.17) is 11.6 Å². The van der Waals surface area contributed by atoms with Crippen molar-refractivity contribution in [2.24, 2.45) is 0 Å². The first-order chi connectivity index (χ1) is 7.52.